The van der Waals surface area contributed by atoms with Crippen molar-refractivity contribution in [1.29, 1.82) is 0 Å². The van der Waals surface area contributed by atoms with E-state index in [2.05, 4.69) is 4.72 Å². The van der Waals surface area contributed by atoms with Crippen LogP contribution in [0.4, 0.5) is 0 Å². The molecule has 4 heteroatoms. The molecule has 1 saturated heterocycles. The maximum Gasteiger partial charge on any atom is 0.229 e. The van der Waals surface area contributed by atoms with Crippen molar-refractivity contribution >= 4 is 17.9 Å². The van der Waals surface area contributed by atoms with Crippen LogP contribution in [0.5, 0.6) is 0 Å². The van der Waals surface area contributed by atoms with Crippen LogP contribution in [-0.2, 0) is 9.53 Å². The van der Waals surface area contributed by atoms with E-state index in [1.807, 2.05) is 6.92 Å². The molecule has 0 radical (unpaired) electrons. The minimum absolute atomic E-state index is 0.0980. The van der Waals surface area contributed by atoms with Crippen molar-refractivity contribution in [2.75, 3.05) is 12.4 Å². The molecule has 1 fully saturated rings. The Hall–Kier alpha value is -0.220. The summed E-state index contributed by atoms with van der Waals surface area (Å²) in [6, 6.07) is 0. The number of hydrogen-bond acceptors (Lipinski definition) is 3. The van der Waals surface area contributed by atoms with Crippen LogP contribution in [0.15, 0.2) is 0 Å². The molecular formula is C9H17NO2S. The molecule has 3 nitrogen and oxygen atoms in total. The van der Waals surface area contributed by atoms with Crippen LogP contribution in [0.25, 0.3) is 0 Å². The fraction of sp³-hybridized carbons (Fsp3) is 0.889. The van der Waals surface area contributed by atoms with Crippen molar-refractivity contribution in [3.8, 4) is 0 Å². The molecule has 1 atom stereocenters. The number of ether oxygens (including phenoxy) is 1. The van der Waals surface area contributed by atoms with Crippen molar-refractivity contribution in [3.05, 3.63) is 0 Å². The zero-order chi connectivity index (χ0) is 9.52. The fourth-order valence-electron chi connectivity index (χ4n) is 1.23. The molecule has 1 rings (SSSR count). The maximum atomic E-state index is 10.9. The summed E-state index contributed by atoms with van der Waals surface area (Å²) in [5, 5.41) is 0. The summed E-state index contributed by atoms with van der Waals surface area (Å²) in [4.78, 5) is 10.9. The molecule has 0 aromatic rings. The molecule has 1 aliphatic rings. The van der Waals surface area contributed by atoms with Gasteiger partial charge < -0.3 is 9.46 Å². The SMILES string of the molecule is CCC(=O)NSC[C@H]1CCCCO1. The first-order chi connectivity index (χ1) is 6.33. The average molecular weight is 203 g/mol. The smallest absolute Gasteiger partial charge is 0.229 e. The highest BCUT2D eigenvalue weighted by Gasteiger charge is 2.13. The van der Waals surface area contributed by atoms with E-state index < -0.39 is 0 Å². The first-order valence-corrected chi connectivity index (χ1v) is 5.83. The molecular weight excluding hydrogens is 186 g/mol. The van der Waals surface area contributed by atoms with Gasteiger partial charge in [-0.3, -0.25) is 4.79 Å². The molecule has 0 aromatic heterocycles. The van der Waals surface area contributed by atoms with Crippen molar-refractivity contribution in [2.45, 2.75) is 38.7 Å². The summed E-state index contributed by atoms with van der Waals surface area (Å²) in [6.45, 7) is 2.74. The Morgan fingerprint density at radius 3 is 3.08 bits per heavy atom. The second-order valence-corrected chi connectivity index (χ2v) is 4.00. The Morgan fingerprint density at radius 1 is 1.62 bits per heavy atom. The van der Waals surface area contributed by atoms with Gasteiger partial charge >= 0.3 is 0 Å². The Morgan fingerprint density at radius 2 is 2.46 bits per heavy atom. The summed E-state index contributed by atoms with van der Waals surface area (Å²) < 4.78 is 8.30. The largest absolute Gasteiger partial charge is 0.377 e. The van der Waals surface area contributed by atoms with E-state index in [0.717, 1.165) is 18.8 Å². The van der Waals surface area contributed by atoms with Gasteiger partial charge in [0.05, 0.1) is 6.10 Å². The van der Waals surface area contributed by atoms with Crippen LogP contribution >= 0.6 is 11.9 Å². The lowest BCUT2D eigenvalue weighted by Crippen LogP contribution is -2.24. The monoisotopic (exact) mass is 203 g/mol. The van der Waals surface area contributed by atoms with Gasteiger partial charge in [-0.05, 0) is 31.2 Å². The van der Waals surface area contributed by atoms with Gasteiger partial charge in [-0.25, -0.2) is 0 Å². The molecule has 1 N–H and O–H groups in total. The molecule has 13 heavy (non-hydrogen) atoms. The van der Waals surface area contributed by atoms with Crippen molar-refractivity contribution in [2.24, 2.45) is 0 Å². The molecule has 0 saturated carbocycles. The zero-order valence-electron chi connectivity index (χ0n) is 8.04. The van der Waals surface area contributed by atoms with Crippen LogP contribution in [0.3, 0.4) is 0 Å². The number of rotatable bonds is 4. The van der Waals surface area contributed by atoms with E-state index in [4.69, 9.17) is 4.74 Å². The molecule has 76 valence electrons. The molecule has 0 aliphatic carbocycles. The Labute approximate surface area is 83.7 Å². The van der Waals surface area contributed by atoms with E-state index in [-0.39, 0.29) is 5.91 Å². The van der Waals surface area contributed by atoms with Crippen LogP contribution in [0.1, 0.15) is 32.6 Å². The molecule has 0 unspecified atom stereocenters. The minimum Gasteiger partial charge on any atom is -0.377 e. The fourth-order valence-corrected chi connectivity index (χ4v) is 2.06. The second-order valence-electron chi connectivity index (χ2n) is 3.18. The van der Waals surface area contributed by atoms with E-state index in [1.165, 1.54) is 24.8 Å². The lowest BCUT2D eigenvalue weighted by Gasteiger charge is -2.21. The summed E-state index contributed by atoms with van der Waals surface area (Å²) >= 11 is 1.47. The number of carbonyl (C=O) groups is 1. The summed E-state index contributed by atoms with van der Waals surface area (Å²) in [6.07, 6.45) is 4.47. The third-order valence-corrected chi connectivity index (χ3v) is 2.96. The standard InChI is InChI=1S/C9H17NO2S/c1-2-9(11)10-13-7-8-5-3-4-6-12-8/h8H,2-7H2,1H3,(H,10,11)/t8-/m1/s1. The minimum atomic E-state index is 0.0980. The summed E-state index contributed by atoms with van der Waals surface area (Å²) in [7, 11) is 0. The highest BCUT2D eigenvalue weighted by molar-refractivity contribution is 7.97. The molecule has 1 heterocycles. The summed E-state index contributed by atoms with van der Waals surface area (Å²) in [5.41, 5.74) is 0. The van der Waals surface area contributed by atoms with Gasteiger partial charge in [-0.2, -0.15) is 0 Å². The number of nitrogens with one attached hydrogen (secondary N) is 1. The van der Waals surface area contributed by atoms with Gasteiger partial charge in [-0.15, -0.1) is 0 Å². The van der Waals surface area contributed by atoms with E-state index in [0.29, 0.717) is 12.5 Å². The summed E-state index contributed by atoms with van der Waals surface area (Å²) in [5.74, 6) is 0.979. The van der Waals surface area contributed by atoms with Crippen LogP contribution in [0, 0.1) is 0 Å². The molecule has 1 aliphatic heterocycles. The number of amides is 1. The lowest BCUT2D eigenvalue weighted by atomic mass is 10.1. The van der Waals surface area contributed by atoms with Gasteiger partial charge in [-0.1, -0.05) is 6.92 Å². The topological polar surface area (TPSA) is 38.3 Å². The third-order valence-electron chi connectivity index (χ3n) is 2.05. The lowest BCUT2D eigenvalue weighted by molar-refractivity contribution is -0.118. The second kappa shape index (κ2) is 6.27. The van der Waals surface area contributed by atoms with E-state index in [9.17, 15) is 4.79 Å². The van der Waals surface area contributed by atoms with Gasteiger partial charge in [0.2, 0.25) is 5.91 Å². The number of hydrogen-bond donors (Lipinski definition) is 1. The molecule has 0 spiro atoms. The van der Waals surface area contributed by atoms with E-state index >= 15 is 0 Å². The van der Waals surface area contributed by atoms with Crippen molar-refractivity contribution in [3.63, 3.8) is 0 Å². The Bertz CT molecular complexity index is 158. The first kappa shape index (κ1) is 10.9. The third kappa shape index (κ3) is 4.52. The van der Waals surface area contributed by atoms with Gasteiger partial charge in [0.15, 0.2) is 0 Å². The Kier molecular flexibility index (Phi) is 5.23. The molecule has 0 aromatic carbocycles. The predicted molar refractivity (Wildman–Crippen MR) is 54.5 cm³/mol. The van der Waals surface area contributed by atoms with Crippen LogP contribution < -0.4 is 4.72 Å². The quantitative estimate of drug-likeness (QED) is 0.707. The average Bonchev–Trinajstić information content (AvgIpc) is 2.19. The Balaban J connectivity index is 2.01. The van der Waals surface area contributed by atoms with E-state index in [1.54, 1.807) is 0 Å². The molecule has 1 amide bonds. The van der Waals surface area contributed by atoms with Gasteiger partial charge in [0.1, 0.15) is 0 Å². The first-order valence-electron chi connectivity index (χ1n) is 4.85. The normalized spacial score (nSPS) is 22.7. The maximum absolute atomic E-state index is 10.9. The zero-order valence-corrected chi connectivity index (χ0v) is 8.86. The predicted octanol–water partition coefficient (Wildman–Crippen LogP) is 1.73. The van der Waals surface area contributed by atoms with Crippen LogP contribution in [-0.4, -0.2) is 24.4 Å². The number of carbonyl (C=O) groups excluding carboxylic acids is 1. The highest BCUT2D eigenvalue weighted by atomic mass is 32.2. The highest BCUT2D eigenvalue weighted by Crippen LogP contribution is 2.15. The van der Waals surface area contributed by atoms with Crippen LogP contribution in [0.2, 0.25) is 0 Å². The van der Waals surface area contributed by atoms with Gasteiger partial charge in [0, 0.05) is 18.8 Å². The molecule has 0 bridgehead atoms. The van der Waals surface area contributed by atoms with Crippen molar-refractivity contribution in [1.82, 2.24) is 4.72 Å². The van der Waals surface area contributed by atoms with Gasteiger partial charge in [0.25, 0.3) is 0 Å². The van der Waals surface area contributed by atoms with Crippen molar-refractivity contribution < 1.29 is 9.53 Å².